The number of anilines is 2. The van der Waals surface area contributed by atoms with Gasteiger partial charge in [0.25, 0.3) is 5.91 Å². The first-order chi connectivity index (χ1) is 23.1. The first kappa shape index (κ1) is 34.4. The summed E-state index contributed by atoms with van der Waals surface area (Å²) in [6.07, 6.45) is 2.84. The van der Waals surface area contributed by atoms with Gasteiger partial charge in [-0.05, 0) is 86.1 Å². The number of amides is 2. The van der Waals surface area contributed by atoms with Crippen LogP contribution in [0.25, 0.3) is 0 Å². The van der Waals surface area contributed by atoms with Gasteiger partial charge >= 0.3 is 17.9 Å². The van der Waals surface area contributed by atoms with E-state index in [2.05, 4.69) is 22.8 Å². The van der Waals surface area contributed by atoms with E-state index in [0.29, 0.717) is 39.9 Å². The number of esters is 1. The predicted molar refractivity (Wildman–Crippen MR) is 185 cm³/mol. The maximum Gasteiger partial charge on any atom is 0.341 e. The molecule has 48 heavy (non-hydrogen) atoms. The Morgan fingerprint density at radius 2 is 1.69 bits per heavy atom. The van der Waals surface area contributed by atoms with Crippen LogP contribution in [0.5, 0.6) is 0 Å². The van der Waals surface area contributed by atoms with Crippen LogP contribution in [0.1, 0.15) is 90.0 Å². The van der Waals surface area contributed by atoms with Crippen molar-refractivity contribution in [3.05, 3.63) is 111 Å². The van der Waals surface area contributed by atoms with Gasteiger partial charge in [0.15, 0.2) is 0 Å². The van der Waals surface area contributed by atoms with Gasteiger partial charge in [0.1, 0.15) is 5.00 Å². The van der Waals surface area contributed by atoms with Gasteiger partial charge in [0.05, 0.1) is 34.1 Å². The fourth-order valence-electron chi connectivity index (χ4n) is 5.68. The van der Waals surface area contributed by atoms with Crippen LogP contribution in [0.2, 0.25) is 0 Å². The molecule has 2 unspecified atom stereocenters. The average molecular weight is 687 g/mol. The molecule has 1 heterocycles. The molecule has 0 radical (unpaired) electrons. The topological polar surface area (TPSA) is 159 Å². The first-order valence-corrected chi connectivity index (χ1v) is 17.1. The number of hydrogen-bond acceptors (Lipinski definition) is 8. The Labute approximate surface area is 285 Å². The fourth-order valence-corrected chi connectivity index (χ4v) is 8.01. The molecule has 0 saturated heterocycles. The number of benzene rings is 3. The molecule has 248 valence electrons. The second-order valence-electron chi connectivity index (χ2n) is 11.1. The van der Waals surface area contributed by atoms with Crippen molar-refractivity contribution in [2.24, 2.45) is 0 Å². The number of carbonyl (C=O) groups excluding carboxylic acids is 3. The van der Waals surface area contributed by atoms with Gasteiger partial charge < -0.3 is 25.6 Å². The number of carbonyl (C=O) groups is 5. The maximum atomic E-state index is 13.7. The zero-order chi connectivity index (χ0) is 34.4. The molecule has 10 nitrogen and oxygen atoms in total. The van der Waals surface area contributed by atoms with E-state index in [1.54, 1.807) is 31.2 Å². The Balaban J connectivity index is 1.32. The van der Waals surface area contributed by atoms with Crippen molar-refractivity contribution in [2.45, 2.75) is 55.6 Å². The predicted octanol–water partition coefficient (Wildman–Crippen LogP) is 7.36. The van der Waals surface area contributed by atoms with Crippen molar-refractivity contribution in [3.8, 4) is 0 Å². The molecule has 0 saturated carbocycles. The zero-order valence-corrected chi connectivity index (χ0v) is 27.9. The van der Waals surface area contributed by atoms with Gasteiger partial charge in [-0.2, -0.15) is 0 Å². The molecular weight excluding hydrogens is 653 g/mol. The summed E-state index contributed by atoms with van der Waals surface area (Å²) in [6.45, 7) is 3.85. The molecule has 5 rings (SSSR count). The molecule has 0 bridgehead atoms. The monoisotopic (exact) mass is 686 g/mol. The molecule has 12 heteroatoms. The van der Waals surface area contributed by atoms with Crippen molar-refractivity contribution in [3.63, 3.8) is 0 Å². The Morgan fingerprint density at radius 1 is 0.917 bits per heavy atom. The molecule has 2 atom stereocenters. The van der Waals surface area contributed by atoms with E-state index in [9.17, 15) is 34.2 Å². The number of thiophene rings is 1. The number of thioether (sulfide) groups is 1. The lowest BCUT2D eigenvalue weighted by molar-refractivity contribution is -0.115. The van der Waals surface area contributed by atoms with Gasteiger partial charge in [0.2, 0.25) is 5.91 Å². The molecule has 1 aliphatic carbocycles. The van der Waals surface area contributed by atoms with E-state index < -0.39 is 34.6 Å². The number of nitrogens with one attached hydrogen (secondary N) is 2. The molecule has 0 fully saturated rings. The summed E-state index contributed by atoms with van der Waals surface area (Å²) < 4.78 is 5.40. The smallest absolute Gasteiger partial charge is 0.341 e. The molecule has 1 aromatic heterocycles. The maximum absolute atomic E-state index is 13.7. The third-order valence-corrected chi connectivity index (χ3v) is 10.6. The van der Waals surface area contributed by atoms with E-state index in [1.807, 2.05) is 25.1 Å². The quantitative estimate of drug-likeness (QED) is 0.0883. The van der Waals surface area contributed by atoms with Crippen molar-refractivity contribution in [1.82, 2.24) is 0 Å². The van der Waals surface area contributed by atoms with Gasteiger partial charge in [-0.25, -0.2) is 14.4 Å². The van der Waals surface area contributed by atoms with Crippen molar-refractivity contribution in [2.75, 3.05) is 17.2 Å². The van der Waals surface area contributed by atoms with Crippen LogP contribution in [0.4, 0.5) is 10.7 Å². The van der Waals surface area contributed by atoms with Crippen LogP contribution >= 0.6 is 23.1 Å². The van der Waals surface area contributed by atoms with Crippen LogP contribution in [0, 0.1) is 0 Å². The summed E-state index contributed by atoms with van der Waals surface area (Å²) >= 11 is 2.72. The van der Waals surface area contributed by atoms with Crippen LogP contribution in [-0.2, 0) is 22.4 Å². The Morgan fingerprint density at radius 3 is 2.38 bits per heavy atom. The molecule has 1 aliphatic rings. The summed E-state index contributed by atoms with van der Waals surface area (Å²) in [5, 5.41) is 24.4. The zero-order valence-electron chi connectivity index (χ0n) is 26.3. The summed E-state index contributed by atoms with van der Waals surface area (Å²) in [4.78, 5) is 64.6. The third kappa shape index (κ3) is 7.77. The summed E-state index contributed by atoms with van der Waals surface area (Å²) in [6, 6.07) is 20.3. The second kappa shape index (κ2) is 15.3. The van der Waals surface area contributed by atoms with Gasteiger partial charge in [-0.15, -0.1) is 23.1 Å². The van der Waals surface area contributed by atoms with Crippen molar-refractivity contribution < 1.29 is 38.9 Å². The largest absolute Gasteiger partial charge is 0.478 e. The van der Waals surface area contributed by atoms with Crippen molar-refractivity contribution >= 4 is 63.5 Å². The number of rotatable bonds is 12. The number of ether oxygens (including phenoxy) is 1. The number of fused-ring (bicyclic) bond motifs is 1. The molecule has 0 spiro atoms. The minimum absolute atomic E-state index is 0.192. The highest BCUT2D eigenvalue weighted by molar-refractivity contribution is 8.00. The number of carboxylic acids is 2. The summed E-state index contributed by atoms with van der Waals surface area (Å²) in [5.41, 5.74) is 2.10. The highest BCUT2D eigenvalue weighted by Gasteiger charge is 2.32. The SMILES string of the molecule is CCOC(=O)c1c(NC(=O)C(CC)Sc2cccc(NC(=O)c3ccc(C(=O)O)cc3C(=O)O)c2)sc2c1CCC(c1ccccc1)C2. The third-order valence-electron chi connectivity index (χ3n) is 8.03. The highest BCUT2D eigenvalue weighted by Crippen LogP contribution is 2.43. The van der Waals surface area contributed by atoms with E-state index in [-0.39, 0.29) is 23.6 Å². The minimum Gasteiger partial charge on any atom is -0.478 e. The Kier molecular flexibility index (Phi) is 11.0. The number of carboxylic acid groups (broad SMARTS) is 2. The summed E-state index contributed by atoms with van der Waals surface area (Å²) in [5.74, 6) is -3.86. The highest BCUT2D eigenvalue weighted by atomic mass is 32.2. The molecular formula is C36H34N2O8S2. The molecule has 2 amide bonds. The lowest BCUT2D eigenvalue weighted by Gasteiger charge is -2.23. The van der Waals surface area contributed by atoms with Crippen LogP contribution in [0.15, 0.2) is 77.7 Å². The standard InChI is InChI=1S/C36H34N2O8S2/c1-3-28(47-24-12-8-11-23(19-24)37-31(39)25-15-14-22(34(41)42)17-27(25)35(43)44)32(40)38-33-30(36(45)46-4-2)26-16-13-21(18-29(26)48-33)20-9-6-5-7-10-20/h5-12,14-15,17,19,21,28H,3-4,13,16,18H2,1-2H3,(H,37,39)(H,38,40)(H,41,42)(H,43,44). The van der Waals surface area contributed by atoms with E-state index >= 15 is 0 Å². The van der Waals surface area contributed by atoms with Gasteiger partial charge in [0, 0.05) is 15.5 Å². The number of hydrogen-bond donors (Lipinski definition) is 4. The minimum atomic E-state index is -1.43. The second-order valence-corrected chi connectivity index (χ2v) is 13.5. The Hall–Kier alpha value is -4.94. The Bertz CT molecular complexity index is 1870. The fraction of sp³-hybridized carbons (Fsp3) is 0.250. The lowest BCUT2D eigenvalue weighted by atomic mass is 9.83. The summed E-state index contributed by atoms with van der Waals surface area (Å²) in [7, 11) is 0. The van der Waals surface area contributed by atoms with Crippen LogP contribution < -0.4 is 10.6 Å². The van der Waals surface area contributed by atoms with Crippen LogP contribution in [-0.4, -0.2) is 51.8 Å². The molecule has 3 aromatic carbocycles. The van der Waals surface area contributed by atoms with Gasteiger partial charge in [-0.1, -0.05) is 43.3 Å². The first-order valence-electron chi connectivity index (χ1n) is 15.5. The van der Waals surface area contributed by atoms with Crippen LogP contribution in [0.3, 0.4) is 0 Å². The normalized spacial score (nSPS) is 14.3. The molecule has 4 N–H and O–H groups in total. The van der Waals surface area contributed by atoms with Gasteiger partial charge in [-0.3, -0.25) is 9.59 Å². The molecule has 0 aliphatic heterocycles. The lowest BCUT2D eigenvalue weighted by Crippen LogP contribution is -2.25. The van der Waals surface area contributed by atoms with E-state index in [4.69, 9.17) is 4.74 Å². The average Bonchev–Trinajstić information content (AvgIpc) is 3.44. The number of aromatic carboxylic acids is 2. The van der Waals surface area contributed by atoms with Crippen molar-refractivity contribution in [1.29, 1.82) is 0 Å². The van der Waals surface area contributed by atoms with E-state index in [1.165, 1.54) is 34.7 Å². The molecule has 4 aromatic rings. The van der Waals surface area contributed by atoms with E-state index in [0.717, 1.165) is 35.4 Å².